The number of carboxylic acid groups (broad SMARTS) is 1. The Morgan fingerprint density at radius 2 is 1.27 bits per heavy atom. The largest absolute Gasteiger partial charge is 0.508 e. The minimum atomic E-state index is -4.76. The molecular weight excluding hydrogens is 1670 g/mol. The van der Waals surface area contributed by atoms with Crippen LogP contribution in [0.15, 0.2) is 95.9 Å². The van der Waals surface area contributed by atoms with E-state index in [1.54, 1.807) is 46.8 Å². The molecule has 123 heavy (non-hydrogen) atoms. The molecule has 0 spiro atoms. The van der Waals surface area contributed by atoms with E-state index in [-0.39, 0.29) is 46.1 Å². The van der Waals surface area contributed by atoms with Crippen molar-refractivity contribution in [3.8, 4) is 57.1 Å². The predicted molar refractivity (Wildman–Crippen MR) is 442 cm³/mol. The van der Waals surface area contributed by atoms with Crippen molar-refractivity contribution in [3.63, 3.8) is 0 Å². The third-order valence-electron chi connectivity index (χ3n) is 22.4. The molecule has 0 aliphatic carbocycles. The fourth-order valence-corrected chi connectivity index (χ4v) is 17.8. The number of aliphatic hydroxyl groups is 5. The number of carbonyl (C=O) groups is 8. The van der Waals surface area contributed by atoms with E-state index in [2.05, 4.69) is 49.5 Å². The molecule has 666 valence electrons. The van der Waals surface area contributed by atoms with E-state index in [0.717, 1.165) is 124 Å². The molecule has 35 nitrogen and oxygen atoms in total. The zero-order valence-corrected chi connectivity index (χ0v) is 71.3. The monoisotopic (exact) mass is 1770 g/mol. The molecule has 7 aliphatic heterocycles. The Morgan fingerprint density at radius 1 is 0.675 bits per heavy atom. The second-order valence-electron chi connectivity index (χ2n) is 32.3. The van der Waals surface area contributed by atoms with E-state index in [1.807, 2.05) is 13.8 Å². The number of nitrogens with two attached hydrogens (primary N) is 1. The number of unbranched alkanes of at least 4 members (excludes halogenated alkanes) is 7. The highest BCUT2D eigenvalue weighted by atomic mass is 35.5. The van der Waals surface area contributed by atoms with Crippen LogP contribution in [0.5, 0.6) is 46.0 Å². The van der Waals surface area contributed by atoms with E-state index >= 15 is 24.0 Å². The first-order valence-electron chi connectivity index (χ1n) is 40.5. The van der Waals surface area contributed by atoms with E-state index < -0.39 is 252 Å². The summed E-state index contributed by atoms with van der Waals surface area (Å²) in [6.45, 7) is 13.4. The molecular formula is C85H105Cl2N9O26S. The Balaban J connectivity index is 1.14. The lowest BCUT2D eigenvalue weighted by Crippen LogP contribution is -2.65. The molecule has 7 aliphatic rings. The number of aryl methyl sites for hydroxylation is 3. The fourth-order valence-electron chi connectivity index (χ4n) is 16.0. The zero-order chi connectivity index (χ0) is 89.5. The third-order valence-corrected chi connectivity index (χ3v) is 24.5. The maximum Gasteiger partial charge on any atom is 0.330 e. The summed E-state index contributed by atoms with van der Waals surface area (Å²) in [5.41, 5.74) is 2.98. The van der Waals surface area contributed by atoms with Gasteiger partial charge in [-0.3, -0.25) is 37.7 Å². The number of carboxylic acids is 1. The topological polar surface area (TPSA) is 540 Å². The van der Waals surface area contributed by atoms with E-state index in [0.29, 0.717) is 17.7 Å². The Hall–Kier alpha value is -10.0. The van der Waals surface area contributed by atoms with Crippen LogP contribution in [0.4, 0.5) is 0 Å². The van der Waals surface area contributed by atoms with E-state index in [4.69, 9.17) is 61.5 Å². The fraction of sp³-hybridized carbons (Fsp3) is 0.482. The number of nitrogens with one attached hydrogen (secondary N) is 8. The summed E-state index contributed by atoms with van der Waals surface area (Å²) in [6.07, 6.45) is -11.4. The molecule has 0 saturated carbocycles. The average Bonchev–Trinajstić information content (AvgIpc) is 0.752. The molecule has 11 bridgehead atoms. The van der Waals surface area contributed by atoms with Gasteiger partial charge in [0.15, 0.2) is 29.9 Å². The molecule has 13 rings (SSSR count). The first-order valence-corrected chi connectivity index (χ1v) is 42.6. The van der Waals surface area contributed by atoms with Crippen LogP contribution in [0.2, 0.25) is 10.0 Å². The quantitative estimate of drug-likeness (QED) is 0.0212. The SMILES string of the molecule is CCCCCCCCCCNC1(C)CC(OC2C(Oc3c4cc5cc3Oc3ccc(cc3Cl)[C@@H](O)[C@@H](NC(=O)[C@@H](CC(C)C)NC)C(=O)N[C@@H](CC(N)=O)C(=O)N[C@H]5C(=O)N[C@H]3C(=O)N[C@H](C(=O)N[C@@H](C(=O)O)c5cc(O)cc(O)c5-c5cc3ccc5O)[C@H](O)c3ccc(c(Cl)c3)O4)OC(COS(=O)(=O)c3c(C)cc(C)cc3C)C(O)C2O)OC(C)C1O. The zero-order valence-electron chi connectivity index (χ0n) is 69.0. The van der Waals surface area contributed by atoms with Gasteiger partial charge in [-0.2, -0.15) is 8.42 Å². The van der Waals surface area contributed by atoms with Crippen molar-refractivity contribution in [2.75, 3.05) is 20.2 Å². The van der Waals surface area contributed by atoms with Gasteiger partial charge in [-0.15, -0.1) is 0 Å². The second kappa shape index (κ2) is 39.9. The average molecular weight is 1770 g/mol. The number of phenols is 3. The van der Waals surface area contributed by atoms with Gasteiger partial charge < -0.3 is 123 Å². The molecule has 7 heterocycles. The Labute approximate surface area is 719 Å². The number of primary amides is 1. The summed E-state index contributed by atoms with van der Waals surface area (Å²) in [7, 11) is -3.29. The van der Waals surface area contributed by atoms with Crippen LogP contribution in [0.25, 0.3) is 11.1 Å². The van der Waals surface area contributed by atoms with Gasteiger partial charge in [0.25, 0.3) is 10.1 Å². The number of benzene rings is 6. The predicted octanol–water partition coefficient (Wildman–Crippen LogP) is 6.22. The van der Waals surface area contributed by atoms with Crippen molar-refractivity contribution < 1.29 is 125 Å². The van der Waals surface area contributed by atoms with Crippen LogP contribution < -0.4 is 62.5 Å². The molecule has 0 radical (unpaired) electrons. The lowest BCUT2D eigenvalue weighted by molar-refractivity contribution is -0.334. The first-order chi connectivity index (χ1) is 58.2. The molecule has 18 atom stereocenters. The standard InChI is InChI=1S/C85H105Cl2N9O26S/c1-10-11-12-13-14-15-16-17-24-90-85(8)36-62(117-42(7)76(85)105)121-74-72(104)71(103)60(37-116-123(114,115)75-40(5)26-39(4)27-41(75)6)120-84(74)122-73-58-31-46-32-59(73)119-57-23-20-45(30-51(57)87)70(102)68-82(111)94-66(83(112)113)49-33-47(97)34-55(99)63(49)48-28-43(18-21-54(48)98)64(79(108)96-68)93-80(109)65(46)92-78(107)53(35-61(88)100)91-81(110)67(95-77(106)52(89-9)25-38(2)3)69(101)44-19-22-56(118-58)50(86)29-44/h18-23,26-34,38,42,52-53,60,62,64-72,74,76,84,89-90,97-99,101-105H,10-17,24-25,35-37H2,1-9H3,(H2,88,100)(H,91,110)(H,92,107)(H,93,109)(H,94,111)(H,95,106)(H,96,108)(H,112,113)/t42?,52-,53+,60?,62?,64-,65-,66-,67-,68+,69-,70-,71?,72?,74?,76?,84?,85?/m1/s1. The van der Waals surface area contributed by atoms with Crippen molar-refractivity contribution in [1.82, 2.24) is 42.5 Å². The number of likely N-dealkylation sites (N-methyl/N-ethyl adjacent to an activating group) is 1. The smallest absolute Gasteiger partial charge is 0.330 e. The van der Waals surface area contributed by atoms with Crippen LogP contribution in [0.1, 0.15) is 180 Å². The number of hydrogen-bond donors (Lipinski definition) is 18. The minimum Gasteiger partial charge on any atom is -0.508 e. The number of hydrogen-bond acceptors (Lipinski definition) is 27. The number of fused-ring (bicyclic) bond motifs is 15. The van der Waals surface area contributed by atoms with Crippen molar-refractivity contribution in [3.05, 3.63) is 146 Å². The van der Waals surface area contributed by atoms with Gasteiger partial charge in [0.1, 0.15) is 89.5 Å². The summed E-state index contributed by atoms with van der Waals surface area (Å²) in [5.74, 6) is -16.4. The number of aliphatic carboxylic acids is 1. The molecule has 2 saturated heterocycles. The third kappa shape index (κ3) is 21.7. The number of ether oxygens (including phenoxy) is 6. The highest BCUT2D eigenvalue weighted by Gasteiger charge is 2.53. The Bertz CT molecular complexity index is 5060. The molecule has 9 unspecified atom stereocenters. The van der Waals surface area contributed by atoms with Gasteiger partial charge in [0.2, 0.25) is 53.4 Å². The van der Waals surface area contributed by atoms with Gasteiger partial charge in [0, 0.05) is 34.7 Å². The van der Waals surface area contributed by atoms with E-state index in [9.17, 15) is 68.8 Å². The summed E-state index contributed by atoms with van der Waals surface area (Å²) in [4.78, 5) is 119. The van der Waals surface area contributed by atoms with Crippen LogP contribution in [-0.4, -0.2) is 201 Å². The normalized spacial score (nSPS) is 26.4. The number of phenolic OH excluding ortho intramolecular Hbond substituents is 3. The van der Waals surface area contributed by atoms with Crippen LogP contribution in [-0.2, 0) is 66.9 Å². The minimum absolute atomic E-state index is 0.122. The molecule has 19 N–H and O–H groups in total. The summed E-state index contributed by atoms with van der Waals surface area (Å²) in [5, 5.41) is 127. The molecule has 0 aromatic heterocycles. The summed E-state index contributed by atoms with van der Waals surface area (Å²) >= 11 is 14.4. The number of aromatic hydroxyl groups is 3. The Kier molecular flexibility index (Phi) is 30.4. The van der Waals surface area contributed by atoms with Gasteiger partial charge in [-0.05, 0) is 155 Å². The second-order valence-corrected chi connectivity index (χ2v) is 34.7. The lowest BCUT2D eigenvalue weighted by Gasteiger charge is -2.48. The molecule has 7 amide bonds. The number of halogens is 2. The van der Waals surface area contributed by atoms with E-state index in [1.165, 1.54) is 19.2 Å². The summed E-state index contributed by atoms with van der Waals surface area (Å²) < 4.78 is 74.8. The van der Waals surface area contributed by atoms with Gasteiger partial charge >= 0.3 is 5.97 Å². The van der Waals surface area contributed by atoms with Gasteiger partial charge in [-0.25, -0.2) is 4.79 Å². The number of carbonyl (C=O) groups excluding carboxylic acids is 7. The number of amides is 7. The molecule has 38 heteroatoms. The van der Waals surface area contributed by atoms with Crippen LogP contribution in [0.3, 0.4) is 0 Å². The van der Waals surface area contributed by atoms with Crippen molar-refractivity contribution >= 4 is 80.6 Å². The molecule has 2 fully saturated rings. The van der Waals surface area contributed by atoms with Gasteiger partial charge in [0.05, 0.1) is 46.2 Å². The molecule has 6 aromatic rings. The number of aliphatic hydroxyl groups excluding tert-OH is 5. The van der Waals surface area contributed by atoms with Gasteiger partial charge in [-0.1, -0.05) is 125 Å². The summed E-state index contributed by atoms with van der Waals surface area (Å²) in [6, 6.07) is 2.26. The Morgan fingerprint density at radius 3 is 1.87 bits per heavy atom. The van der Waals surface area contributed by atoms with Crippen molar-refractivity contribution in [2.24, 2.45) is 11.7 Å². The molecule has 6 aromatic carbocycles. The van der Waals surface area contributed by atoms with Crippen molar-refractivity contribution in [2.45, 2.75) is 240 Å². The maximum atomic E-state index is 16.4. The highest BCUT2D eigenvalue weighted by molar-refractivity contribution is 7.86. The van der Waals surface area contributed by atoms with Crippen LogP contribution in [0, 0.1) is 26.7 Å². The first kappa shape index (κ1) is 93.7. The van der Waals surface area contributed by atoms with Crippen molar-refractivity contribution in [1.29, 1.82) is 0 Å². The lowest BCUT2D eigenvalue weighted by atomic mass is 9.84. The van der Waals surface area contributed by atoms with Crippen LogP contribution >= 0.6 is 23.2 Å². The number of rotatable bonds is 26. The highest BCUT2D eigenvalue weighted by Crippen LogP contribution is 2.50. The maximum absolute atomic E-state index is 16.4.